The number of carboxylic acid groups (broad SMARTS) is 2. The van der Waals surface area contributed by atoms with E-state index in [4.69, 9.17) is 5.11 Å². The maximum Gasteiger partial charge on any atom is 0.460 e. The first-order valence-corrected chi connectivity index (χ1v) is 7.31. The smallest absolute Gasteiger partial charge is 0.460 e. The lowest BCUT2D eigenvalue weighted by molar-refractivity contribution is -0.328. The summed E-state index contributed by atoms with van der Waals surface area (Å²) in [6, 6.07) is 7.38. The van der Waals surface area contributed by atoms with E-state index in [0.29, 0.717) is 0 Å². The highest BCUT2D eigenvalue weighted by molar-refractivity contribution is 6.06. The van der Waals surface area contributed by atoms with E-state index in [2.05, 4.69) is 4.74 Å². The molecule has 2 aromatic carbocycles. The van der Waals surface area contributed by atoms with Crippen molar-refractivity contribution in [2.75, 3.05) is 0 Å². The fourth-order valence-corrected chi connectivity index (χ4v) is 2.24. The molecule has 11 heteroatoms. The van der Waals surface area contributed by atoms with E-state index in [9.17, 15) is 41.0 Å². The highest BCUT2D eigenvalue weighted by atomic mass is 19.4. The average molecular weight is 408 g/mol. The number of carboxylic acids is 2. The van der Waals surface area contributed by atoms with Crippen LogP contribution >= 0.6 is 0 Å². The Bertz CT molecular complexity index is 892. The minimum Gasteiger partial charge on any atom is -0.478 e. The van der Waals surface area contributed by atoms with Gasteiger partial charge in [-0.3, -0.25) is 0 Å². The van der Waals surface area contributed by atoms with E-state index in [1.807, 2.05) is 0 Å². The van der Waals surface area contributed by atoms with Crippen LogP contribution in [0.4, 0.5) is 26.3 Å². The monoisotopic (exact) mass is 408 g/mol. The fourth-order valence-electron chi connectivity index (χ4n) is 2.24. The van der Waals surface area contributed by atoms with Gasteiger partial charge in [-0.25, -0.2) is 9.59 Å². The molecule has 0 spiro atoms. The maximum absolute atomic E-state index is 13.3. The molecule has 2 aromatic rings. The number of benzene rings is 2. The van der Waals surface area contributed by atoms with E-state index < -0.39 is 47.3 Å². The number of hydrogen-bond acceptors (Lipinski definition) is 3. The van der Waals surface area contributed by atoms with Gasteiger partial charge in [0.2, 0.25) is 0 Å². The zero-order valence-corrected chi connectivity index (χ0v) is 13.5. The topological polar surface area (TPSA) is 83.8 Å². The average Bonchev–Trinajstić information content (AvgIpc) is 2.60. The quantitative estimate of drug-likeness (QED) is 0.682. The van der Waals surface area contributed by atoms with Crippen molar-refractivity contribution >= 4 is 11.9 Å². The highest BCUT2D eigenvalue weighted by Gasteiger charge is 2.65. The predicted molar refractivity (Wildman–Crippen MR) is 82.3 cm³/mol. The Kier molecular flexibility index (Phi) is 5.57. The predicted octanol–water partition coefficient (Wildman–Crippen LogP) is 4.62. The molecule has 2 rings (SSSR count). The first-order valence-electron chi connectivity index (χ1n) is 7.31. The summed E-state index contributed by atoms with van der Waals surface area (Å²) in [7, 11) is 0. The van der Waals surface area contributed by atoms with Gasteiger partial charge in [0.25, 0.3) is 0 Å². The third-order valence-electron chi connectivity index (χ3n) is 3.58. The number of halogens is 6. The summed E-state index contributed by atoms with van der Waals surface area (Å²) in [6.07, 6.45) is -10.1. The van der Waals surface area contributed by atoms with Gasteiger partial charge < -0.3 is 14.9 Å². The van der Waals surface area contributed by atoms with Crippen LogP contribution in [0.5, 0.6) is 5.75 Å². The largest absolute Gasteiger partial charge is 0.478 e. The van der Waals surface area contributed by atoms with Crippen molar-refractivity contribution < 1.29 is 50.9 Å². The van der Waals surface area contributed by atoms with Crippen molar-refractivity contribution in [2.24, 2.45) is 0 Å². The molecule has 1 atom stereocenters. The van der Waals surface area contributed by atoms with Crippen LogP contribution in [0.3, 0.4) is 0 Å². The summed E-state index contributed by atoms with van der Waals surface area (Å²) in [4.78, 5) is 22.6. The Hall–Kier alpha value is -3.24. The number of hydrogen-bond donors (Lipinski definition) is 2. The third-order valence-corrected chi connectivity index (χ3v) is 3.58. The van der Waals surface area contributed by atoms with E-state index in [0.717, 1.165) is 30.3 Å². The molecular formula is C17H10F6O5. The van der Waals surface area contributed by atoms with Crippen molar-refractivity contribution in [3.8, 4) is 16.9 Å². The molecule has 0 aliphatic carbocycles. The van der Waals surface area contributed by atoms with Crippen LogP contribution in [-0.2, 0) is 0 Å². The van der Waals surface area contributed by atoms with E-state index >= 15 is 0 Å². The van der Waals surface area contributed by atoms with Gasteiger partial charge in [0, 0.05) is 0 Å². The van der Waals surface area contributed by atoms with Crippen molar-refractivity contribution in [1.29, 1.82) is 0 Å². The Morgan fingerprint density at radius 2 is 1.46 bits per heavy atom. The molecule has 0 heterocycles. The molecule has 0 saturated heterocycles. The molecule has 5 nitrogen and oxygen atoms in total. The van der Waals surface area contributed by atoms with Gasteiger partial charge >= 0.3 is 30.4 Å². The molecule has 0 bridgehead atoms. The zero-order valence-electron chi connectivity index (χ0n) is 13.5. The SMILES string of the molecule is O=C(O)c1cccc(-c2ccc(OC(F)C(F)(F)C(F)(F)F)cc2)c1C(=O)O. The van der Waals surface area contributed by atoms with Crippen LogP contribution in [0.2, 0.25) is 0 Å². The van der Waals surface area contributed by atoms with Crippen LogP contribution in [0.25, 0.3) is 11.1 Å². The summed E-state index contributed by atoms with van der Waals surface area (Å²) in [5.74, 6) is -9.47. The summed E-state index contributed by atoms with van der Waals surface area (Å²) in [6.45, 7) is 0. The zero-order chi connectivity index (χ0) is 21.3. The normalized spacial score (nSPS) is 13.1. The number of alkyl halides is 6. The van der Waals surface area contributed by atoms with Crippen LogP contribution in [0.1, 0.15) is 20.7 Å². The lowest BCUT2D eigenvalue weighted by atomic mass is 9.95. The second-order valence-electron chi connectivity index (χ2n) is 5.42. The van der Waals surface area contributed by atoms with E-state index in [1.165, 1.54) is 12.1 Å². The molecule has 0 aliphatic heterocycles. The second-order valence-corrected chi connectivity index (χ2v) is 5.42. The molecule has 0 aliphatic rings. The van der Waals surface area contributed by atoms with Gasteiger partial charge in [0.1, 0.15) is 5.75 Å². The Morgan fingerprint density at radius 3 is 1.93 bits per heavy atom. The van der Waals surface area contributed by atoms with Crippen molar-refractivity contribution in [3.63, 3.8) is 0 Å². The van der Waals surface area contributed by atoms with Gasteiger partial charge in [0.15, 0.2) is 0 Å². The molecule has 0 aromatic heterocycles. The van der Waals surface area contributed by atoms with Gasteiger partial charge in [0.05, 0.1) is 11.1 Å². The Balaban J connectivity index is 2.35. The third kappa shape index (κ3) is 4.02. The van der Waals surface area contributed by atoms with Crippen molar-refractivity contribution in [1.82, 2.24) is 0 Å². The number of aromatic carboxylic acids is 2. The second kappa shape index (κ2) is 7.41. The lowest BCUT2D eigenvalue weighted by Gasteiger charge is -2.23. The van der Waals surface area contributed by atoms with Gasteiger partial charge in [-0.1, -0.05) is 24.3 Å². The van der Waals surface area contributed by atoms with Crippen molar-refractivity contribution in [3.05, 3.63) is 53.6 Å². The molecule has 0 fully saturated rings. The van der Waals surface area contributed by atoms with E-state index in [1.54, 1.807) is 0 Å². The summed E-state index contributed by atoms with van der Waals surface area (Å²) in [5, 5.41) is 18.4. The van der Waals surface area contributed by atoms with Gasteiger partial charge in [-0.15, -0.1) is 0 Å². The highest BCUT2D eigenvalue weighted by Crippen LogP contribution is 2.40. The number of carbonyl (C=O) groups is 2. The Morgan fingerprint density at radius 1 is 0.893 bits per heavy atom. The molecule has 0 amide bonds. The minimum absolute atomic E-state index is 0.0589. The van der Waals surface area contributed by atoms with Crippen LogP contribution in [-0.4, -0.2) is 40.6 Å². The number of ether oxygens (including phenoxy) is 1. The minimum atomic E-state index is -6.15. The fraction of sp³-hybridized carbons (Fsp3) is 0.176. The summed E-state index contributed by atoms with van der Waals surface area (Å²) >= 11 is 0. The van der Waals surface area contributed by atoms with E-state index in [-0.39, 0.29) is 11.1 Å². The van der Waals surface area contributed by atoms with Gasteiger partial charge in [-0.05, 0) is 29.3 Å². The lowest BCUT2D eigenvalue weighted by Crippen LogP contribution is -2.47. The summed E-state index contributed by atoms with van der Waals surface area (Å²) in [5.41, 5.74) is -1.04. The first kappa shape index (κ1) is 21.1. The maximum atomic E-state index is 13.3. The molecule has 0 saturated carbocycles. The summed E-state index contributed by atoms with van der Waals surface area (Å²) < 4.78 is 79.4. The molecule has 150 valence electrons. The molecular weight excluding hydrogens is 398 g/mol. The Labute approximate surface area is 152 Å². The molecule has 2 N–H and O–H groups in total. The molecule has 0 radical (unpaired) electrons. The first-order chi connectivity index (χ1) is 12.9. The standard InChI is InChI=1S/C17H10F6O5/c18-15(16(19,20)17(21,22)23)28-9-6-4-8(5-7-9)10-2-1-3-11(13(24)25)12(10)14(26)27/h1-7,15H,(H,24,25)(H,26,27). The molecule has 28 heavy (non-hydrogen) atoms. The van der Waals surface area contributed by atoms with Crippen LogP contribution < -0.4 is 4.74 Å². The van der Waals surface area contributed by atoms with Crippen LogP contribution in [0.15, 0.2) is 42.5 Å². The van der Waals surface area contributed by atoms with Crippen LogP contribution in [0, 0.1) is 0 Å². The van der Waals surface area contributed by atoms with Crippen molar-refractivity contribution in [2.45, 2.75) is 18.5 Å². The number of rotatable bonds is 6. The molecule has 1 unspecified atom stereocenters. The van der Waals surface area contributed by atoms with Gasteiger partial charge in [-0.2, -0.15) is 26.3 Å².